The molecule has 0 fully saturated rings. The van der Waals surface area contributed by atoms with E-state index in [2.05, 4.69) is 4.74 Å². The van der Waals surface area contributed by atoms with Crippen LogP contribution in [0.3, 0.4) is 0 Å². The van der Waals surface area contributed by atoms with Crippen LogP contribution in [-0.4, -0.2) is 23.3 Å². The first-order valence-electron chi connectivity index (χ1n) is 5.00. The van der Waals surface area contributed by atoms with E-state index in [4.69, 9.17) is 10.5 Å². The van der Waals surface area contributed by atoms with Crippen LogP contribution in [-0.2, 0) is 16.0 Å². The van der Waals surface area contributed by atoms with Gasteiger partial charge in [-0.2, -0.15) is 10.5 Å². The van der Waals surface area contributed by atoms with Crippen LogP contribution >= 0.6 is 0 Å². The van der Waals surface area contributed by atoms with Crippen molar-refractivity contribution < 1.29 is 19.7 Å². The molecule has 1 rings (SSSR count). The lowest BCUT2D eigenvalue weighted by Gasteiger charge is -2.08. The number of phenols is 2. The summed E-state index contributed by atoms with van der Waals surface area (Å²) in [5.74, 6) is -1.26. The molecule has 6 heteroatoms. The monoisotopic (exact) mass is 246 g/mol. The van der Waals surface area contributed by atoms with E-state index >= 15 is 0 Å². The SMILES string of the molecule is COC(=O)CCc1cc(O)c(C#N)c(C#N)c1O. The fourth-order valence-electron chi connectivity index (χ4n) is 1.46. The number of methoxy groups -OCH3 is 1. The molecule has 0 aromatic heterocycles. The third-order valence-corrected chi connectivity index (χ3v) is 2.41. The lowest BCUT2D eigenvalue weighted by Crippen LogP contribution is -2.03. The van der Waals surface area contributed by atoms with Gasteiger partial charge in [0.25, 0.3) is 0 Å². The predicted molar refractivity (Wildman–Crippen MR) is 59.5 cm³/mol. The van der Waals surface area contributed by atoms with E-state index in [1.54, 1.807) is 12.1 Å². The average molecular weight is 246 g/mol. The fourth-order valence-corrected chi connectivity index (χ4v) is 1.46. The smallest absolute Gasteiger partial charge is 0.305 e. The van der Waals surface area contributed by atoms with Crippen LogP contribution in [0.25, 0.3) is 0 Å². The molecular weight excluding hydrogens is 236 g/mol. The molecule has 0 bridgehead atoms. The summed E-state index contributed by atoms with van der Waals surface area (Å²) in [5.41, 5.74) is -0.359. The zero-order valence-electron chi connectivity index (χ0n) is 9.60. The molecule has 0 radical (unpaired) electrons. The second-order valence-corrected chi connectivity index (χ2v) is 3.45. The number of rotatable bonds is 3. The van der Waals surface area contributed by atoms with Gasteiger partial charge in [0.15, 0.2) is 0 Å². The first kappa shape index (κ1) is 13.3. The highest BCUT2D eigenvalue weighted by Crippen LogP contribution is 2.32. The second kappa shape index (κ2) is 5.55. The quantitative estimate of drug-likeness (QED) is 0.606. The van der Waals surface area contributed by atoms with E-state index in [1.165, 1.54) is 7.11 Å². The molecule has 0 atom stereocenters. The minimum atomic E-state index is -0.475. The van der Waals surface area contributed by atoms with Gasteiger partial charge in [-0.25, -0.2) is 0 Å². The Bertz CT molecular complexity index is 567. The van der Waals surface area contributed by atoms with Gasteiger partial charge in [0, 0.05) is 6.42 Å². The van der Waals surface area contributed by atoms with Gasteiger partial charge in [-0.3, -0.25) is 4.79 Å². The molecule has 2 N–H and O–H groups in total. The summed E-state index contributed by atoms with van der Waals surface area (Å²) in [4.78, 5) is 11.0. The molecule has 0 saturated heterocycles. The van der Waals surface area contributed by atoms with Gasteiger partial charge in [-0.1, -0.05) is 0 Å². The molecule has 0 heterocycles. The maximum absolute atomic E-state index is 11.0. The number of hydrogen-bond donors (Lipinski definition) is 2. The van der Waals surface area contributed by atoms with Crippen LogP contribution in [0.15, 0.2) is 6.07 Å². The Morgan fingerprint density at radius 3 is 2.44 bits per heavy atom. The Labute approximate surface area is 103 Å². The Morgan fingerprint density at radius 1 is 1.33 bits per heavy atom. The zero-order chi connectivity index (χ0) is 13.7. The van der Waals surface area contributed by atoms with Crippen LogP contribution in [0.1, 0.15) is 23.1 Å². The summed E-state index contributed by atoms with van der Waals surface area (Å²) < 4.78 is 4.44. The first-order valence-corrected chi connectivity index (χ1v) is 5.00. The van der Waals surface area contributed by atoms with E-state index < -0.39 is 17.5 Å². The van der Waals surface area contributed by atoms with Gasteiger partial charge in [0.2, 0.25) is 0 Å². The summed E-state index contributed by atoms with van der Waals surface area (Å²) in [7, 11) is 1.24. The van der Waals surface area contributed by atoms with Crippen molar-refractivity contribution in [3.8, 4) is 23.6 Å². The molecule has 0 spiro atoms. The Balaban J connectivity index is 3.17. The molecule has 6 nitrogen and oxygen atoms in total. The van der Waals surface area contributed by atoms with Crippen molar-refractivity contribution >= 4 is 5.97 Å². The summed E-state index contributed by atoms with van der Waals surface area (Å²) >= 11 is 0. The average Bonchev–Trinajstić information content (AvgIpc) is 2.38. The molecule has 0 aliphatic rings. The normalized spacial score (nSPS) is 9.28. The predicted octanol–water partition coefficient (Wildman–Crippen LogP) is 0.947. The molecule has 0 aliphatic carbocycles. The molecule has 0 unspecified atom stereocenters. The number of aromatic hydroxyl groups is 2. The topological polar surface area (TPSA) is 114 Å². The van der Waals surface area contributed by atoms with Crippen molar-refractivity contribution in [1.82, 2.24) is 0 Å². The zero-order valence-corrected chi connectivity index (χ0v) is 9.60. The van der Waals surface area contributed by atoms with Gasteiger partial charge in [-0.15, -0.1) is 0 Å². The van der Waals surface area contributed by atoms with Crippen molar-refractivity contribution in [2.24, 2.45) is 0 Å². The number of ether oxygens (including phenoxy) is 1. The molecule has 92 valence electrons. The number of phenolic OH excluding ortho intramolecular Hbond substituents is 2. The molecule has 0 amide bonds. The number of carbonyl (C=O) groups is 1. The van der Waals surface area contributed by atoms with Crippen LogP contribution in [0, 0.1) is 22.7 Å². The van der Waals surface area contributed by atoms with Crippen LogP contribution in [0.4, 0.5) is 0 Å². The van der Waals surface area contributed by atoms with Gasteiger partial charge in [-0.05, 0) is 18.1 Å². The first-order chi connectivity index (χ1) is 8.54. The van der Waals surface area contributed by atoms with Gasteiger partial charge in [0.1, 0.15) is 34.8 Å². The van der Waals surface area contributed by atoms with E-state index in [1.807, 2.05) is 0 Å². The van der Waals surface area contributed by atoms with E-state index in [-0.39, 0.29) is 29.5 Å². The largest absolute Gasteiger partial charge is 0.507 e. The minimum Gasteiger partial charge on any atom is -0.507 e. The number of nitrogens with zero attached hydrogens (tertiary/aromatic N) is 2. The number of benzene rings is 1. The number of hydrogen-bond acceptors (Lipinski definition) is 6. The van der Waals surface area contributed by atoms with Crippen LogP contribution < -0.4 is 0 Å². The lowest BCUT2D eigenvalue weighted by molar-refractivity contribution is -0.140. The van der Waals surface area contributed by atoms with Gasteiger partial charge >= 0.3 is 5.97 Å². The molecular formula is C12H10N2O4. The number of esters is 1. The summed E-state index contributed by atoms with van der Waals surface area (Å²) in [5, 5.41) is 36.9. The third kappa shape index (κ3) is 2.50. The van der Waals surface area contributed by atoms with Crippen LogP contribution in [0.5, 0.6) is 11.5 Å². The number of nitriles is 2. The summed E-state index contributed by atoms with van der Waals surface area (Å²) in [6.45, 7) is 0. The van der Waals surface area contributed by atoms with Gasteiger partial charge < -0.3 is 14.9 Å². The molecule has 1 aromatic carbocycles. The Hall–Kier alpha value is -2.73. The summed E-state index contributed by atoms with van der Waals surface area (Å²) in [6.07, 6.45) is 0.104. The van der Waals surface area contributed by atoms with Crippen molar-refractivity contribution in [3.63, 3.8) is 0 Å². The molecule has 18 heavy (non-hydrogen) atoms. The third-order valence-electron chi connectivity index (χ3n) is 2.41. The Kier molecular flexibility index (Phi) is 4.11. The van der Waals surface area contributed by atoms with Crippen molar-refractivity contribution in [2.45, 2.75) is 12.8 Å². The van der Waals surface area contributed by atoms with Crippen molar-refractivity contribution in [1.29, 1.82) is 10.5 Å². The highest BCUT2D eigenvalue weighted by molar-refractivity contribution is 5.70. The lowest BCUT2D eigenvalue weighted by atomic mass is 9.99. The van der Waals surface area contributed by atoms with Crippen LogP contribution in [0.2, 0.25) is 0 Å². The molecule has 0 saturated carbocycles. The maximum atomic E-state index is 11.0. The van der Waals surface area contributed by atoms with E-state index in [9.17, 15) is 15.0 Å². The van der Waals surface area contributed by atoms with Crippen molar-refractivity contribution in [3.05, 3.63) is 22.8 Å². The molecule has 0 aliphatic heterocycles. The minimum absolute atomic E-state index is 0.000267. The second-order valence-electron chi connectivity index (χ2n) is 3.45. The van der Waals surface area contributed by atoms with E-state index in [0.717, 1.165) is 6.07 Å². The standard InChI is InChI=1S/C12H10N2O4/c1-18-11(16)3-2-7-4-10(15)8(5-13)9(6-14)12(7)17/h4,15,17H,2-3H2,1H3. The number of aryl methyl sites for hydroxylation is 1. The summed E-state index contributed by atoms with van der Waals surface area (Å²) in [6, 6.07) is 4.45. The fraction of sp³-hybridized carbons (Fsp3) is 0.250. The Morgan fingerprint density at radius 2 is 1.94 bits per heavy atom. The van der Waals surface area contributed by atoms with Gasteiger partial charge in [0.05, 0.1) is 7.11 Å². The highest BCUT2D eigenvalue weighted by Gasteiger charge is 2.17. The molecule has 1 aromatic rings. The number of carbonyl (C=O) groups excluding carboxylic acids is 1. The van der Waals surface area contributed by atoms with Crippen molar-refractivity contribution in [2.75, 3.05) is 7.11 Å². The van der Waals surface area contributed by atoms with E-state index in [0.29, 0.717) is 0 Å². The highest BCUT2D eigenvalue weighted by atomic mass is 16.5. The maximum Gasteiger partial charge on any atom is 0.305 e.